The summed E-state index contributed by atoms with van der Waals surface area (Å²) >= 11 is 12.0. The third-order valence-corrected chi connectivity index (χ3v) is 6.48. The predicted octanol–water partition coefficient (Wildman–Crippen LogP) is 4.51. The molecule has 0 atom stereocenters. The number of aromatic nitrogens is 3. The Hall–Kier alpha value is -2.81. The van der Waals surface area contributed by atoms with Crippen LogP contribution in [0.1, 0.15) is 0 Å². The quantitative estimate of drug-likeness (QED) is 0.485. The second-order valence-corrected chi connectivity index (χ2v) is 8.48. The summed E-state index contributed by atoms with van der Waals surface area (Å²) in [5.74, 6) is 0.460. The van der Waals surface area contributed by atoms with Gasteiger partial charge in [-0.25, -0.2) is 17.9 Å². The van der Waals surface area contributed by atoms with Gasteiger partial charge in [0.1, 0.15) is 4.90 Å². The maximum absolute atomic E-state index is 12.7. The zero-order chi connectivity index (χ0) is 20.6. The van der Waals surface area contributed by atoms with E-state index in [4.69, 9.17) is 27.9 Å². The number of methoxy groups -OCH3 is 1. The van der Waals surface area contributed by atoms with Crippen LogP contribution in [0.2, 0.25) is 10.0 Å². The number of nitrogens with one attached hydrogen (secondary N) is 1. The Morgan fingerprint density at radius 2 is 1.86 bits per heavy atom. The molecule has 10 heteroatoms. The predicted molar refractivity (Wildman–Crippen MR) is 112 cm³/mol. The Balaban J connectivity index is 1.68. The molecule has 0 radical (unpaired) electrons. The maximum atomic E-state index is 12.7. The fourth-order valence-electron chi connectivity index (χ4n) is 2.76. The van der Waals surface area contributed by atoms with Crippen LogP contribution in [0.4, 0.5) is 5.69 Å². The summed E-state index contributed by atoms with van der Waals surface area (Å²) in [6.07, 6.45) is 1.74. The van der Waals surface area contributed by atoms with Crippen LogP contribution >= 0.6 is 23.2 Å². The fraction of sp³-hybridized carbons (Fsp3) is 0.0526. The van der Waals surface area contributed by atoms with Gasteiger partial charge >= 0.3 is 0 Å². The molecule has 0 unspecified atom stereocenters. The van der Waals surface area contributed by atoms with E-state index >= 15 is 0 Å². The van der Waals surface area contributed by atoms with Gasteiger partial charge in [0.15, 0.2) is 5.65 Å². The number of benzene rings is 2. The van der Waals surface area contributed by atoms with Gasteiger partial charge in [0, 0.05) is 17.3 Å². The van der Waals surface area contributed by atoms with Gasteiger partial charge in [0.05, 0.1) is 29.0 Å². The van der Waals surface area contributed by atoms with Crippen molar-refractivity contribution in [2.45, 2.75) is 4.90 Å². The van der Waals surface area contributed by atoms with Crippen molar-refractivity contribution in [3.63, 3.8) is 0 Å². The number of hydrogen-bond donors (Lipinski definition) is 1. The van der Waals surface area contributed by atoms with Crippen LogP contribution in [0.25, 0.3) is 16.9 Å². The molecule has 0 aliphatic carbocycles. The second kappa shape index (κ2) is 7.55. The molecule has 2 aromatic carbocycles. The van der Waals surface area contributed by atoms with Gasteiger partial charge in [0.2, 0.25) is 5.88 Å². The van der Waals surface area contributed by atoms with E-state index < -0.39 is 10.0 Å². The molecule has 0 amide bonds. The summed E-state index contributed by atoms with van der Waals surface area (Å²) < 4.78 is 34.7. The van der Waals surface area contributed by atoms with Gasteiger partial charge in [-0.15, -0.1) is 5.10 Å². The Labute approximate surface area is 176 Å². The van der Waals surface area contributed by atoms with E-state index in [0.717, 1.165) is 0 Å². The zero-order valence-electron chi connectivity index (χ0n) is 15.0. The molecule has 0 aliphatic heterocycles. The summed E-state index contributed by atoms with van der Waals surface area (Å²) in [7, 11) is -2.38. The molecule has 0 spiro atoms. The first-order chi connectivity index (χ1) is 13.9. The maximum Gasteiger partial charge on any atom is 0.263 e. The first-order valence-corrected chi connectivity index (χ1v) is 10.6. The van der Waals surface area contributed by atoms with E-state index in [2.05, 4.69) is 14.8 Å². The number of rotatable bonds is 5. The van der Waals surface area contributed by atoms with Crippen molar-refractivity contribution >= 4 is 44.6 Å². The van der Waals surface area contributed by atoms with Crippen LogP contribution in [0.3, 0.4) is 0 Å². The third kappa shape index (κ3) is 3.87. The highest BCUT2D eigenvalue weighted by atomic mass is 35.5. The van der Waals surface area contributed by atoms with Gasteiger partial charge in [-0.2, -0.15) is 0 Å². The van der Waals surface area contributed by atoms with E-state index in [1.54, 1.807) is 41.0 Å². The van der Waals surface area contributed by atoms with Gasteiger partial charge in [-0.05, 0) is 30.3 Å². The average molecular weight is 449 g/mol. The number of fused-ring (bicyclic) bond motifs is 1. The van der Waals surface area contributed by atoms with Gasteiger partial charge in [0.25, 0.3) is 10.0 Å². The first-order valence-electron chi connectivity index (χ1n) is 8.35. The highest BCUT2D eigenvalue weighted by molar-refractivity contribution is 7.92. The summed E-state index contributed by atoms with van der Waals surface area (Å²) in [5, 5.41) is 4.41. The minimum absolute atomic E-state index is 0.0295. The standard InChI is InChI=1S/C19H14Cl2N4O3S/c1-28-18-9-8-17-22-15(11-25(17)23-18)12-4-2-5-13(10-12)24-29(26,27)16-7-3-6-14(20)19(16)21/h2-11,24H,1H3. The number of imidazole rings is 1. The summed E-state index contributed by atoms with van der Waals surface area (Å²) in [6, 6.07) is 14.8. The monoisotopic (exact) mass is 448 g/mol. The van der Waals surface area contributed by atoms with Crippen LogP contribution in [-0.4, -0.2) is 30.1 Å². The number of halogens is 2. The Bertz CT molecular complexity index is 1320. The minimum atomic E-state index is -3.92. The van der Waals surface area contributed by atoms with Crippen LogP contribution in [0, 0.1) is 0 Å². The van der Waals surface area contributed by atoms with E-state index in [0.29, 0.717) is 28.5 Å². The number of nitrogens with zero attached hydrogens (tertiary/aromatic N) is 3. The highest BCUT2D eigenvalue weighted by Gasteiger charge is 2.20. The van der Waals surface area contributed by atoms with E-state index in [9.17, 15) is 8.42 Å². The van der Waals surface area contributed by atoms with Crippen molar-refractivity contribution in [2.75, 3.05) is 11.8 Å². The Kier molecular flexibility index (Phi) is 5.08. The van der Waals surface area contributed by atoms with Crippen molar-refractivity contribution in [1.29, 1.82) is 0 Å². The first kappa shape index (κ1) is 19.5. The molecule has 2 heterocycles. The number of hydrogen-bond acceptors (Lipinski definition) is 5. The third-order valence-electron chi connectivity index (χ3n) is 4.12. The highest BCUT2D eigenvalue weighted by Crippen LogP contribution is 2.31. The number of sulfonamides is 1. The molecule has 4 aromatic rings. The zero-order valence-corrected chi connectivity index (χ0v) is 17.3. The van der Waals surface area contributed by atoms with E-state index in [1.807, 2.05) is 6.07 Å². The van der Waals surface area contributed by atoms with Crippen molar-refractivity contribution in [1.82, 2.24) is 14.6 Å². The Morgan fingerprint density at radius 3 is 2.66 bits per heavy atom. The van der Waals surface area contributed by atoms with Gasteiger partial charge < -0.3 is 4.74 Å². The van der Waals surface area contributed by atoms with Crippen LogP contribution in [0.5, 0.6) is 5.88 Å². The second-order valence-electron chi connectivity index (χ2n) is 6.04. The molecule has 0 saturated heterocycles. The normalized spacial score (nSPS) is 11.6. The topological polar surface area (TPSA) is 85.6 Å². The average Bonchev–Trinajstić information content (AvgIpc) is 3.13. The lowest BCUT2D eigenvalue weighted by Crippen LogP contribution is -2.13. The van der Waals surface area contributed by atoms with Crippen LogP contribution < -0.4 is 9.46 Å². The fourth-order valence-corrected chi connectivity index (χ4v) is 4.57. The Morgan fingerprint density at radius 1 is 1.07 bits per heavy atom. The van der Waals surface area contributed by atoms with E-state index in [1.165, 1.54) is 25.3 Å². The van der Waals surface area contributed by atoms with Gasteiger partial charge in [-0.1, -0.05) is 41.4 Å². The molecule has 29 heavy (non-hydrogen) atoms. The molecule has 2 aromatic heterocycles. The molecule has 148 valence electrons. The molecule has 0 fully saturated rings. The molecule has 0 aliphatic rings. The molecule has 0 bridgehead atoms. The minimum Gasteiger partial charge on any atom is -0.480 e. The van der Waals surface area contributed by atoms with Gasteiger partial charge in [-0.3, -0.25) is 4.72 Å². The van der Waals surface area contributed by atoms with Crippen molar-refractivity contribution in [3.05, 3.63) is 70.8 Å². The molecular formula is C19H14Cl2N4O3S. The lowest BCUT2D eigenvalue weighted by molar-refractivity contribution is 0.390. The van der Waals surface area contributed by atoms with Crippen molar-refractivity contribution in [2.24, 2.45) is 0 Å². The lowest BCUT2D eigenvalue weighted by Gasteiger charge is -2.11. The van der Waals surface area contributed by atoms with E-state index in [-0.39, 0.29) is 14.9 Å². The van der Waals surface area contributed by atoms with Crippen LogP contribution in [0.15, 0.2) is 65.7 Å². The smallest absolute Gasteiger partial charge is 0.263 e. The summed E-state index contributed by atoms with van der Waals surface area (Å²) in [5.41, 5.74) is 2.35. The molecule has 7 nitrogen and oxygen atoms in total. The number of ether oxygens (including phenoxy) is 1. The molecular weight excluding hydrogens is 435 g/mol. The molecule has 0 saturated carbocycles. The van der Waals surface area contributed by atoms with Crippen LogP contribution in [-0.2, 0) is 10.0 Å². The van der Waals surface area contributed by atoms with Crippen molar-refractivity contribution < 1.29 is 13.2 Å². The lowest BCUT2D eigenvalue weighted by atomic mass is 10.1. The SMILES string of the molecule is COc1ccc2nc(-c3cccc(NS(=O)(=O)c4cccc(Cl)c4Cl)c3)cn2n1. The molecule has 4 rings (SSSR count). The largest absolute Gasteiger partial charge is 0.480 e. The number of anilines is 1. The molecule has 1 N–H and O–H groups in total. The summed E-state index contributed by atoms with van der Waals surface area (Å²) in [4.78, 5) is 4.41. The van der Waals surface area contributed by atoms with Crippen molar-refractivity contribution in [3.8, 4) is 17.1 Å². The summed E-state index contributed by atoms with van der Waals surface area (Å²) in [6.45, 7) is 0.